The zero-order valence-corrected chi connectivity index (χ0v) is 30.1. The van der Waals surface area contributed by atoms with Gasteiger partial charge in [-0.15, -0.1) is 0 Å². The van der Waals surface area contributed by atoms with E-state index in [9.17, 15) is 4.79 Å². The number of unbranched alkanes of at least 4 members (excludes halogenated alkanes) is 5. The highest BCUT2D eigenvalue weighted by molar-refractivity contribution is 5.69. The van der Waals surface area contributed by atoms with E-state index in [-0.39, 0.29) is 12.6 Å². The third-order valence-electron chi connectivity index (χ3n) is 6.38. The van der Waals surface area contributed by atoms with Crippen LogP contribution in [0.5, 0.6) is 0 Å². The van der Waals surface area contributed by atoms with E-state index in [0.717, 1.165) is 12.8 Å². The first-order valence-corrected chi connectivity index (χ1v) is 17.8. The van der Waals surface area contributed by atoms with E-state index in [0.29, 0.717) is 158 Å². The van der Waals surface area contributed by atoms with Gasteiger partial charge in [0.15, 0.2) is 0 Å². The SMILES string of the molecule is CCCCCCCCC(=O)OCCOCCOCCOCCOCCOCCOCCOCCOCCOCCOCCOCCOC. The molecule has 288 valence electrons. The van der Waals surface area contributed by atoms with Gasteiger partial charge in [-0.1, -0.05) is 39.0 Å². The summed E-state index contributed by atoms with van der Waals surface area (Å²) in [5, 5.41) is 0. The maximum Gasteiger partial charge on any atom is 0.305 e. The van der Waals surface area contributed by atoms with Crippen molar-refractivity contribution in [1.29, 1.82) is 0 Å². The van der Waals surface area contributed by atoms with Gasteiger partial charge in [0.05, 0.1) is 152 Å². The van der Waals surface area contributed by atoms with Crippen LogP contribution in [-0.2, 0) is 66.4 Å². The van der Waals surface area contributed by atoms with Crippen molar-refractivity contribution in [3.05, 3.63) is 0 Å². The van der Waals surface area contributed by atoms with E-state index < -0.39 is 0 Å². The predicted octanol–water partition coefficient (Wildman–Crippen LogP) is 3.11. The highest BCUT2D eigenvalue weighted by atomic mass is 16.6. The topological polar surface area (TPSA) is 137 Å². The molecule has 0 amide bonds. The fourth-order valence-electron chi connectivity index (χ4n) is 3.78. The zero-order valence-electron chi connectivity index (χ0n) is 30.1. The lowest BCUT2D eigenvalue weighted by Gasteiger charge is -2.09. The second-order valence-electron chi connectivity index (χ2n) is 10.5. The third-order valence-corrected chi connectivity index (χ3v) is 6.38. The molecule has 14 nitrogen and oxygen atoms in total. The van der Waals surface area contributed by atoms with Gasteiger partial charge >= 0.3 is 5.97 Å². The van der Waals surface area contributed by atoms with Crippen molar-refractivity contribution in [3.63, 3.8) is 0 Å². The molecule has 0 bridgehead atoms. The van der Waals surface area contributed by atoms with Gasteiger partial charge in [0, 0.05) is 13.5 Å². The molecule has 0 spiro atoms. The van der Waals surface area contributed by atoms with Crippen molar-refractivity contribution in [3.8, 4) is 0 Å². The number of ether oxygens (including phenoxy) is 13. The molecule has 0 saturated heterocycles. The third kappa shape index (κ3) is 43.0. The Kier molecular flexibility index (Phi) is 43.1. The Morgan fingerprint density at radius 3 is 0.875 bits per heavy atom. The minimum Gasteiger partial charge on any atom is -0.463 e. The summed E-state index contributed by atoms with van der Waals surface area (Å²) in [6, 6.07) is 0. The molecule has 0 N–H and O–H groups in total. The molecule has 0 heterocycles. The minimum atomic E-state index is -0.144. The standard InChI is InChI=1S/C34H68O14/c1-3-4-5-6-7-8-9-34(35)48-33-32-47-31-30-46-29-28-45-27-26-44-25-24-43-23-22-42-21-20-41-19-18-40-17-16-39-15-14-38-13-12-37-11-10-36-2/h3-33H2,1-2H3. The summed E-state index contributed by atoms with van der Waals surface area (Å²) in [7, 11) is 1.64. The Hall–Kier alpha value is -1.01. The Bertz CT molecular complexity index is 602. The van der Waals surface area contributed by atoms with E-state index in [1.807, 2.05) is 0 Å². The maximum absolute atomic E-state index is 11.7. The molecule has 0 aliphatic carbocycles. The molecule has 0 aromatic heterocycles. The average molecular weight is 701 g/mol. The van der Waals surface area contributed by atoms with Crippen LogP contribution in [0.2, 0.25) is 0 Å². The monoisotopic (exact) mass is 700 g/mol. The average Bonchev–Trinajstić information content (AvgIpc) is 3.09. The summed E-state index contributed by atoms with van der Waals surface area (Å²) >= 11 is 0. The van der Waals surface area contributed by atoms with E-state index in [1.165, 1.54) is 25.7 Å². The molecule has 0 saturated carbocycles. The van der Waals surface area contributed by atoms with Crippen molar-refractivity contribution >= 4 is 5.97 Å². The largest absolute Gasteiger partial charge is 0.463 e. The van der Waals surface area contributed by atoms with Crippen molar-refractivity contribution in [2.75, 3.05) is 166 Å². The molecule has 0 rings (SSSR count). The summed E-state index contributed by atoms with van der Waals surface area (Å²) < 4.78 is 69.9. The maximum atomic E-state index is 11.7. The Labute approximate surface area is 289 Å². The van der Waals surface area contributed by atoms with Crippen molar-refractivity contribution < 1.29 is 66.4 Å². The van der Waals surface area contributed by atoms with Crippen LogP contribution in [0.15, 0.2) is 0 Å². The van der Waals surface area contributed by atoms with Crippen LogP contribution in [0.3, 0.4) is 0 Å². The van der Waals surface area contributed by atoms with E-state index in [2.05, 4.69) is 6.92 Å². The van der Waals surface area contributed by atoms with E-state index in [4.69, 9.17) is 61.6 Å². The Balaban J connectivity index is 3.09. The molecule has 14 heteroatoms. The van der Waals surface area contributed by atoms with Gasteiger partial charge in [0.1, 0.15) is 6.61 Å². The Morgan fingerprint density at radius 2 is 0.583 bits per heavy atom. The number of esters is 1. The van der Waals surface area contributed by atoms with Crippen LogP contribution >= 0.6 is 0 Å². The molecule has 0 aromatic carbocycles. The van der Waals surface area contributed by atoms with Gasteiger partial charge in [-0.25, -0.2) is 0 Å². The van der Waals surface area contributed by atoms with E-state index >= 15 is 0 Å². The molecule has 48 heavy (non-hydrogen) atoms. The first kappa shape index (κ1) is 47.0. The van der Waals surface area contributed by atoms with E-state index in [1.54, 1.807) is 7.11 Å². The second kappa shape index (κ2) is 44.0. The van der Waals surface area contributed by atoms with Gasteiger partial charge in [0.25, 0.3) is 0 Å². The van der Waals surface area contributed by atoms with Crippen LogP contribution in [-0.4, -0.2) is 172 Å². The van der Waals surface area contributed by atoms with Crippen LogP contribution in [0, 0.1) is 0 Å². The quantitative estimate of drug-likeness (QED) is 0.0681. The molecule has 0 aromatic rings. The lowest BCUT2D eigenvalue weighted by molar-refractivity contribution is -0.145. The molecule has 0 atom stereocenters. The number of methoxy groups -OCH3 is 1. The molecule has 0 aliphatic rings. The van der Waals surface area contributed by atoms with Crippen LogP contribution < -0.4 is 0 Å². The highest BCUT2D eigenvalue weighted by Crippen LogP contribution is 2.07. The van der Waals surface area contributed by atoms with Crippen LogP contribution in [0.4, 0.5) is 0 Å². The number of hydrogen-bond acceptors (Lipinski definition) is 14. The molecule has 0 aliphatic heterocycles. The smallest absolute Gasteiger partial charge is 0.305 e. The van der Waals surface area contributed by atoms with Gasteiger partial charge in [0.2, 0.25) is 0 Å². The summed E-state index contributed by atoms with van der Waals surface area (Å²) in [5.74, 6) is -0.144. The van der Waals surface area contributed by atoms with Crippen molar-refractivity contribution in [2.45, 2.75) is 51.9 Å². The van der Waals surface area contributed by atoms with Gasteiger partial charge in [-0.2, -0.15) is 0 Å². The first-order chi connectivity index (χ1) is 23.8. The minimum absolute atomic E-state index is 0.144. The molecular formula is C34H68O14. The number of hydrogen-bond donors (Lipinski definition) is 0. The molecule has 0 unspecified atom stereocenters. The Morgan fingerprint density at radius 1 is 0.333 bits per heavy atom. The molecule has 0 radical (unpaired) electrons. The number of rotatable bonds is 43. The summed E-state index contributed by atoms with van der Waals surface area (Å²) in [6.45, 7) is 14.2. The van der Waals surface area contributed by atoms with Crippen molar-refractivity contribution in [2.24, 2.45) is 0 Å². The lowest BCUT2D eigenvalue weighted by Crippen LogP contribution is -2.15. The normalized spacial score (nSPS) is 11.5. The lowest BCUT2D eigenvalue weighted by atomic mass is 10.1. The van der Waals surface area contributed by atoms with Crippen molar-refractivity contribution in [1.82, 2.24) is 0 Å². The summed E-state index contributed by atoms with van der Waals surface area (Å²) in [5.41, 5.74) is 0. The molecule has 0 fully saturated rings. The van der Waals surface area contributed by atoms with Gasteiger partial charge in [-0.3, -0.25) is 4.79 Å². The fraction of sp³-hybridized carbons (Fsp3) is 0.971. The van der Waals surface area contributed by atoms with Crippen LogP contribution in [0.1, 0.15) is 51.9 Å². The van der Waals surface area contributed by atoms with Gasteiger partial charge < -0.3 is 61.6 Å². The van der Waals surface area contributed by atoms with Gasteiger partial charge in [-0.05, 0) is 6.42 Å². The second-order valence-corrected chi connectivity index (χ2v) is 10.5. The number of carbonyl (C=O) groups is 1. The zero-order chi connectivity index (χ0) is 34.7. The highest BCUT2D eigenvalue weighted by Gasteiger charge is 2.02. The predicted molar refractivity (Wildman–Crippen MR) is 180 cm³/mol. The molecular weight excluding hydrogens is 632 g/mol. The fourth-order valence-corrected chi connectivity index (χ4v) is 3.78. The van der Waals surface area contributed by atoms with Crippen LogP contribution in [0.25, 0.3) is 0 Å². The first-order valence-electron chi connectivity index (χ1n) is 17.8. The summed E-state index contributed by atoms with van der Waals surface area (Å²) in [6.07, 6.45) is 7.42. The summed E-state index contributed by atoms with van der Waals surface area (Å²) in [4.78, 5) is 11.7. The number of carbonyl (C=O) groups excluding carboxylic acids is 1.